The molecule has 1 unspecified atom stereocenters. The van der Waals surface area contributed by atoms with Crippen LogP contribution in [0.2, 0.25) is 0 Å². The molecular weight excluding hydrogens is 593 g/mol. The van der Waals surface area contributed by atoms with E-state index >= 15 is 0 Å². The maximum atomic E-state index is 12.6. The van der Waals surface area contributed by atoms with Gasteiger partial charge in [-0.1, -0.05) is 126 Å². The molecule has 8 nitrogen and oxygen atoms in total. The van der Waals surface area contributed by atoms with Gasteiger partial charge in [-0.05, 0) is 16.7 Å². The monoisotopic (exact) mass is 623 g/mol. The molecule has 1 amide bonds. The van der Waals surface area contributed by atoms with Crippen molar-refractivity contribution in [2.45, 2.75) is 54.3 Å². The van der Waals surface area contributed by atoms with Gasteiger partial charge in [-0.3, -0.25) is 0 Å². The van der Waals surface area contributed by atoms with E-state index in [1.807, 2.05) is 91.0 Å². The second-order valence-corrected chi connectivity index (χ2v) is 12.0. The highest BCUT2D eigenvalue weighted by Crippen LogP contribution is 2.29. The number of ether oxygens (including phenoxy) is 5. The Hall–Kier alpha value is -2.40. The molecule has 0 radical (unpaired) electrons. The molecule has 1 fully saturated rings. The van der Waals surface area contributed by atoms with Crippen LogP contribution >= 0.6 is 34.8 Å². The van der Waals surface area contributed by atoms with Crippen LogP contribution in [0.3, 0.4) is 0 Å². The van der Waals surface area contributed by atoms with E-state index < -0.39 is 47.1 Å². The molecule has 4 rings (SSSR count). The topological polar surface area (TPSA) is 95.5 Å². The molecule has 0 aliphatic carbocycles. The van der Waals surface area contributed by atoms with Crippen LogP contribution in [0.4, 0.5) is 4.79 Å². The molecule has 1 saturated heterocycles. The van der Waals surface area contributed by atoms with Gasteiger partial charge in [0.2, 0.25) is 3.79 Å². The molecule has 3 aromatic rings. The number of aliphatic hydroxyl groups excluding tert-OH is 1. The van der Waals surface area contributed by atoms with Crippen LogP contribution in [0.15, 0.2) is 91.0 Å². The van der Waals surface area contributed by atoms with Gasteiger partial charge in [-0.25, -0.2) is 4.79 Å². The van der Waals surface area contributed by atoms with Gasteiger partial charge in [0.25, 0.3) is 0 Å². The van der Waals surface area contributed by atoms with Crippen LogP contribution < -0.4 is 5.32 Å². The van der Waals surface area contributed by atoms with Crippen molar-refractivity contribution < 1.29 is 33.6 Å². The Bertz CT molecular complexity index is 1180. The Morgan fingerprint density at radius 2 is 1.27 bits per heavy atom. The SMILES string of the molecule is O=C(N[C@H]1C(O)O[C@H](COCc2ccccc2)[C@@H](OCc2ccccc2)[C@@H]1OCc1ccccc1)OCC(Cl)(Cl)Cl. The van der Waals surface area contributed by atoms with Crippen LogP contribution in [-0.4, -0.2) is 58.8 Å². The normalized spacial score (nSPS) is 22.7. The van der Waals surface area contributed by atoms with Gasteiger partial charge >= 0.3 is 6.09 Å². The quantitative estimate of drug-likeness (QED) is 0.255. The molecule has 0 bridgehead atoms. The minimum Gasteiger partial charge on any atom is -0.445 e. The molecule has 0 spiro atoms. The van der Waals surface area contributed by atoms with Crippen LogP contribution in [0, 0.1) is 0 Å². The van der Waals surface area contributed by atoms with Crippen LogP contribution in [-0.2, 0) is 43.5 Å². The zero-order chi connectivity index (χ0) is 29.1. The van der Waals surface area contributed by atoms with Crippen molar-refractivity contribution in [3.05, 3.63) is 108 Å². The predicted molar refractivity (Wildman–Crippen MR) is 156 cm³/mol. The summed E-state index contributed by atoms with van der Waals surface area (Å²) in [6, 6.07) is 27.7. The molecule has 3 aromatic carbocycles. The average molecular weight is 625 g/mol. The van der Waals surface area contributed by atoms with E-state index in [2.05, 4.69) is 5.32 Å². The Balaban J connectivity index is 1.54. The summed E-state index contributed by atoms with van der Waals surface area (Å²) >= 11 is 17.2. The largest absolute Gasteiger partial charge is 0.445 e. The summed E-state index contributed by atoms with van der Waals surface area (Å²) in [4.78, 5) is 12.6. The Labute approximate surface area is 254 Å². The molecule has 1 heterocycles. The van der Waals surface area contributed by atoms with Crippen molar-refractivity contribution in [3.63, 3.8) is 0 Å². The zero-order valence-corrected chi connectivity index (χ0v) is 24.4. The van der Waals surface area contributed by atoms with Crippen molar-refractivity contribution in [1.82, 2.24) is 5.32 Å². The Kier molecular flexibility index (Phi) is 12.1. The van der Waals surface area contributed by atoms with Crippen molar-refractivity contribution in [2.24, 2.45) is 0 Å². The highest BCUT2D eigenvalue weighted by atomic mass is 35.6. The molecule has 1 aliphatic rings. The number of nitrogens with one attached hydrogen (secondary N) is 1. The lowest BCUT2D eigenvalue weighted by molar-refractivity contribution is -0.277. The number of amides is 1. The summed E-state index contributed by atoms with van der Waals surface area (Å²) in [6.45, 7) is 0.356. The fraction of sp³-hybridized carbons (Fsp3) is 0.367. The minimum atomic E-state index is -1.80. The second-order valence-electron chi connectivity index (χ2n) is 9.45. The number of hydrogen-bond donors (Lipinski definition) is 2. The van der Waals surface area contributed by atoms with Gasteiger partial charge in [0.05, 0.1) is 26.4 Å². The third kappa shape index (κ3) is 10.4. The van der Waals surface area contributed by atoms with Crippen LogP contribution in [0.5, 0.6) is 0 Å². The fourth-order valence-corrected chi connectivity index (χ4v) is 4.50. The van der Waals surface area contributed by atoms with E-state index in [0.717, 1.165) is 16.7 Å². The first kappa shape index (κ1) is 31.5. The summed E-state index contributed by atoms with van der Waals surface area (Å²) in [7, 11) is 0. The minimum absolute atomic E-state index is 0.0983. The number of aliphatic hydroxyl groups is 1. The predicted octanol–water partition coefficient (Wildman–Crippen LogP) is 5.56. The maximum absolute atomic E-state index is 12.6. The number of benzene rings is 3. The van der Waals surface area contributed by atoms with Crippen LogP contribution in [0.25, 0.3) is 0 Å². The third-order valence-electron chi connectivity index (χ3n) is 6.28. The molecule has 41 heavy (non-hydrogen) atoms. The molecule has 2 N–H and O–H groups in total. The second kappa shape index (κ2) is 15.7. The Morgan fingerprint density at radius 3 is 1.78 bits per heavy atom. The summed E-state index contributed by atoms with van der Waals surface area (Å²) in [5.41, 5.74) is 2.81. The van der Waals surface area contributed by atoms with E-state index in [1.54, 1.807) is 0 Å². The summed E-state index contributed by atoms with van der Waals surface area (Å²) < 4.78 is 27.8. The lowest BCUT2D eigenvalue weighted by atomic mass is 9.96. The lowest BCUT2D eigenvalue weighted by Crippen LogP contribution is -2.65. The molecule has 1 aliphatic heterocycles. The van der Waals surface area contributed by atoms with Gasteiger partial charge in [-0.2, -0.15) is 0 Å². The molecule has 0 saturated carbocycles. The molecule has 5 atom stereocenters. The summed E-state index contributed by atoms with van der Waals surface area (Å²) in [5, 5.41) is 13.6. The van der Waals surface area contributed by atoms with Crippen molar-refractivity contribution >= 4 is 40.9 Å². The molecule has 0 aromatic heterocycles. The standard InChI is InChI=1S/C30H32Cl3NO7/c31-30(32,33)20-40-29(36)34-25-27(39-18-23-14-8-3-9-15-23)26(38-17-22-12-6-2-7-13-22)24(41-28(25)35)19-37-16-21-10-4-1-5-11-21/h1-15,24-28,35H,16-20H2,(H,34,36)/t24-,25-,26-,27-,28?/m1/s1. The smallest absolute Gasteiger partial charge is 0.407 e. The summed E-state index contributed by atoms with van der Waals surface area (Å²) in [5.74, 6) is 0. The van der Waals surface area contributed by atoms with Gasteiger partial charge in [-0.15, -0.1) is 0 Å². The molecule has 220 valence electrons. The maximum Gasteiger partial charge on any atom is 0.407 e. The first-order chi connectivity index (χ1) is 19.8. The van der Waals surface area contributed by atoms with Gasteiger partial charge in [0.1, 0.15) is 31.0 Å². The van der Waals surface area contributed by atoms with Crippen LogP contribution in [0.1, 0.15) is 16.7 Å². The first-order valence-corrected chi connectivity index (χ1v) is 14.2. The number of alkyl carbamates (subject to hydrolysis) is 1. The highest BCUT2D eigenvalue weighted by Gasteiger charge is 2.48. The fourth-order valence-electron chi connectivity index (χ4n) is 4.33. The third-order valence-corrected chi connectivity index (χ3v) is 6.61. The van der Waals surface area contributed by atoms with Crippen molar-refractivity contribution in [1.29, 1.82) is 0 Å². The summed E-state index contributed by atoms with van der Waals surface area (Å²) in [6.07, 6.45) is -4.74. The number of halogens is 3. The average Bonchev–Trinajstić information content (AvgIpc) is 2.97. The van der Waals surface area contributed by atoms with E-state index in [0.29, 0.717) is 6.61 Å². The van der Waals surface area contributed by atoms with E-state index in [1.165, 1.54) is 0 Å². The number of rotatable bonds is 12. The number of alkyl halides is 3. The van der Waals surface area contributed by atoms with E-state index in [9.17, 15) is 9.90 Å². The van der Waals surface area contributed by atoms with Gasteiger partial charge < -0.3 is 34.1 Å². The number of carbonyl (C=O) groups excluding carboxylic acids is 1. The zero-order valence-electron chi connectivity index (χ0n) is 22.1. The van der Waals surface area contributed by atoms with Gasteiger partial charge in [0.15, 0.2) is 6.29 Å². The molecule has 11 heteroatoms. The van der Waals surface area contributed by atoms with Crippen molar-refractivity contribution in [3.8, 4) is 0 Å². The Morgan fingerprint density at radius 1 is 0.780 bits per heavy atom. The number of carbonyl (C=O) groups is 1. The first-order valence-electron chi connectivity index (χ1n) is 13.0. The number of hydrogen-bond acceptors (Lipinski definition) is 7. The highest BCUT2D eigenvalue weighted by molar-refractivity contribution is 6.67. The molecular formula is C30H32Cl3NO7. The van der Waals surface area contributed by atoms with Crippen molar-refractivity contribution in [2.75, 3.05) is 13.2 Å². The van der Waals surface area contributed by atoms with Gasteiger partial charge in [0, 0.05) is 0 Å². The van der Waals surface area contributed by atoms with E-state index in [4.69, 9.17) is 58.5 Å². The van der Waals surface area contributed by atoms with E-state index in [-0.39, 0.29) is 19.8 Å². The lowest BCUT2D eigenvalue weighted by Gasteiger charge is -2.44.